The second-order valence-electron chi connectivity index (χ2n) is 6.45. The van der Waals surface area contributed by atoms with E-state index in [2.05, 4.69) is 24.5 Å². The topological polar surface area (TPSA) is 49.7 Å². The van der Waals surface area contributed by atoms with Crippen molar-refractivity contribution in [2.45, 2.75) is 32.7 Å². The van der Waals surface area contributed by atoms with Crippen molar-refractivity contribution in [2.24, 2.45) is 0 Å². The number of carbonyl (C=O) groups excluding carboxylic acids is 1. The van der Waals surface area contributed by atoms with E-state index in [0.29, 0.717) is 18.4 Å². The van der Waals surface area contributed by atoms with E-state index in [1.54, 1.807) is 7.11 Å². The minimum Gasteiger partial charge on any atom is -0.497 e. The molecule has 0 spiro atoms. The summed E-state index contributed by atoms with van der Waals surface area (Å²) >= 11 is 0. The van der Waals surface area contributed by atoms with Crippen molar-refractivity contribution in [3.63, 3.8) is 0 Å². The van der Waals surface area contributed by atoms with Crippen LogP contribution in [0, 0.1) is 13.8 Å². The molecule has 1 aromatic heterocycles. The summed E-state index contributed by atoms with van der Waals surface area (Å²) in [4.78, 5) is 11.9. The fourth-order valence-corrected chi connectivity index (χ4v) is 3.05. The van der Waals surface area contributed by atoms with Crippen LogP contribution in [0.2, 0.25) is 0 Å². The smallest absolute Gasteiger partial charge is 0.330 e. The molecule has 0 unspecified atom stereocenters. The normalized spacial score (nSPS) is 13.8. The first-order valence-electron chi connectivity index (χ1n) is 8.88. The van der Waals surface area contributed by atoms with E-state index in [-0.39, 0.29) is 12.6 Å². The van der Waals surface area contributed by atoms with Crippen LogP contribution in [0.15, 0.2) is 36.4 Å². The molecule has 138 valence electrons. The van der Waals surface area contributed by atoms with Crippen LogP contribution in [0.4, 0.5) is 0 Å². The molecule has 1 heterocycles. The highest BCUT2D eigenvalue weighted by Crippen LogP contribution is 2.38. The van der Waals surface area contributed by atoms with Crippen LogP contribution in [0.1, 0.15) is 35.8 Å². The minimum atomic E-state index is -0.362. The lowest BCUT2D eigenvalue weighted by molar-refractivity contribution is -0.138. The first-order chi connectivity index (χ1) is 12.6. The molecule has 1 aliphatic rings. The second kappa shape index (κ2) is 8.13. The zero-order chi connectivity index (χ0) is 18.5. The third-order valence-electron chi connectivity index (χ3n) is 4.49. The van der Waals surface area contributed by atoms with E-state index in [4.69, 9.17) is 14.2 Å². The number of aromatic nitrogens is 1. The molecule has 5 heteroatoms. The number of carbonyl (C=O) groups is 1. The van der Waals surface area contributed by atoms with Gasteiger partial charge in [0.05, 0.1) is 7.11 Å². The average Bonchev–Trinajstić information content (AvgIpc) is 3.43. The highest BCUT2D eigenvalue weighted by Gasteiger charge is 2.26. The maximum absolute atomic E-state index is 11.9. The predicted octanol–water partition coefficient (Wildman–Crippen LogP) is 4.08. The molecule has 5 nitrogen and oxygen atoms in total. The van der Waals surface area contributed by atoms with Crippen LogP contribution in [-0.4, -0.2) is 30.9 Å². The van der Waals surface area contributed by atoms with Crippen LogP contribution in [0.3, 0.4) is 0 Å². The Kier molecular flexibility index (Phi) is 5.66. The van der Waals surface area contributed by atoms with Gasteiger partial charge < -0.3 is 18.8 Å². The van der Waals surface area contributed by atoms with E-state index in [1.165, 1.54) is 30.3 Å². The predicted molar refractivity (Wildman–Crippen MR) is 101 cm³/mol. The molecule has 3 rings (SSSR count). The quantitative estimate of drug-likeness (QED) is 0.407. The molecule has 1 fully saturated rings. The molecule has 1 saturated carbocycles. The summed E-state index contributed by atoms with van der Waals surface area (Å²) in [5, 5.41) is 0. The van der Waals surface area contributed by atoms with Gasteiger partial charge in [-0.3, -0.25) is 0 Å². The Morgan fingerprint density at radius 3 is 2.50 bits per heavy atom. The lowest BCUT2D eigenvalue weighted by Crippen LogP contribution is -2.10. The molecule has 0 radical (unpaired) electrons. The molecular formula is C21H25NO4. The second-order valence-corrected chi connectivity index (χ2v) is 6.45. The number of hydrogen-bond donors (Lipinski definition) is 0. The molecule has 2 aromatic rings. The highest BCUT2D eigenvalue weighted by atomic mass is 16.6. The van der Waals surface area contributed by atoms with Crippen LogP contribution in [-0.2, 0) is 9.53 Å². The fraction of sp³-hybridized carbons (Fsp3) is 0.381. The number of rotatable bonds is 8. The van der Waals surface area contributed by atoms with Gasteiger partial charge in [0.2, 0.25) is 0 Å². The van der Waals surface area contributed by atoms with Crippen LogP contribution in [0.25, 0.3) is 6.08 Å². The number of ether oxygens (including phenoxy) is 3. The summed E-state index contributed by atoms with van der Waals surface area (Å²) in [6.45, 7) is 4.72. The highest BCUT2D eigenvalue weighted by molar-refractivity contribution is 5.87. The summed E-state index contributed by atoms with van der Waals surface area (Å²) in [5.41, 5.74) is 3.52. The lowest BCUT2D eigenvalue weighted by Gasteiger charge is -2.07. The number of methoxy groups -OCH3 is 1. The largest absolute Gasteiger partial charge is 0.497 e. The Labute approximate surface area is 154 Å². The summed E-state index contributed by atoms with van der Waals surface area (Å²) < 4.78 is 18.2. The van der Waals surface area contributed by atoms with Crippen molar-refractivity contribution < 1.29 is 19.0 Å². The number of benzene rings is 1. The van der Waals surface area contributed by atoms with Crippen molar-refractivity contribution in [1.29, 1.82) is 0 Å². The lowest BCUT2D eigenvalue weighted by atomic mass is 10.2. The Hall–Kier alpha value is -2.69. The standard InChI is InChI=1S/C21H25NO4/c1-15-14-17(16(2)22(15)18-5-6-18)4-11-21(23)26-13-12-25-20-9-7-19(24-3)8-10-20/h4,7-11,14,18H,5-6,12-13H2,1-3H3/b11-4+. The summed E-state index contributed by atoms with van der Waals surface area (Å²) in [5.74, 6) is 1.12. The summed E-state index contributed by atoms with van der Waals surface area (Å²) in [6.07, 6.45) is 5.80. The molecule has 0 amide bonds. The van der Waals surface area contributed by atoms with Gasteiger partial charge >= 0.3 is 5.97 Å². The van der Waals surface area contributed by atoms with Gasteiger partial charge in [0, 0.05) is 23.5 Å². The van der Waals surface area contributed by atoms with E-state index >= 15 is 0 Å². The zero-order valence-electron chi connectivity index (χ0n) is 15.5. The van der Waals surface area contributed by atoms with Crippen molar-refractivity contribution in [3.8, 4) is 11.5 Å². The van der Waals surface area contributed by atoms with Crippen molar-refractivity contribution >= 4 is 12.0 Å². The van der Waals surface area contributed by atoms with Crippen LogP contribution < -0.4 is 9.47 Å². The molecule has 1 aliphatic carbocycles. The molecule has 0 atom stereocenters. The molecule has 1 aromatic carbocycles. The molecule has 0 saturated heterocycles. The van der Waals surface area contributed by atoms with E-state index in [9.17, 15) is 4.79 Å². The SMILES string of the molecule is COc1ccc(OCCOC(=O)/C=C/c2cc(C)n(C3CC3)c2C)cc1. The van der Waals surface area contributed by atoms with E-state index in [1.807, 2.05) is 30.3 Å². The summed E-state index contributed by atoms with van der Waals surface area (Å²) in [7, 11) is 1.62. The number of hydrogen-bond acceptors (Lipinski definition) is 4. The molecule has 0 bridgehead atoms. The van der Waals surface area contributed by atoms with Gasteiger partial charge in [-0.25, -0.2) is 4.79 Å². The zero-order valence-corrected chi connectivity index (χ0v) is 15.5. The Morgan fingerprint density at radius 2 is 1.85 bits per heavy atom. The molecule has 0 N–H and O–H groups in total. The first kappa shape index (κ1) is 18.1. The molecule has 0 aliphatic heterocycles. The maximum atomic E-state index is 11.9. The Balaban J connectivity index is 1.44. The van der Waals surface area contributed by atoms with Crippen LogP contribution in [0.5, 0.6) is 11.5 Å². The van der Waals surface area contributed by atoms with Gasteiger partial charge in [0.1, 0.15) is 24.7 Å². The monoisotopic (exact) mass is 355 g/mol. The van der Waals surface area contributed by atoms with Crippen molar-refractivity contribution in [1.82, 2.24) is 4.57 Å². The van der Waals surface area contributed by atoms with Crippen molar-refractivity contribution in [2.75, 3.05) is 20.3 Å². The Morgan fingerprint density at radius 1 is 1.15 bits per heavy atom. The third kappa shape index (κ3) is 4.48. The average molecular weight is 355 g/mol. The van der Waals surface area contributed by atoms with Gasteiger partial charge in [-0.2, -0.15) is 0 Å². The van der Waals surface area contributed by atoms with Gasteiger partial charge in [-0.15, -0.1) is 0 Å². The fourth-order valence-electron chi connectivity index (χ4n) is 3.05. The third-order valence-corrected chi connectivity index (χ3v) is 4.49. The number of aryl methyl sites for hydroxylation is 1. The first-order valence-corrected chi connectivity index (χ1v) is 8.88. The summed E-state index contributed by atoms with van der Waals surface area (Å²) in [6, 6.07) is 10.0. The van der Waals surface area contributed by atoms with Gasteiger partial charge in [-0.05, 0) is 68.7 Å². The van der Waals surface area contributed by atoms with Crippen molar-refractivity contribution in [3.05, 3.63) is 53.4 Å². The van der Waals surface area contributed by atoms with E-state index in [0.717, 1.165) is 11.3 Å². The van der Waals surface area contributed by atoms with E-state index < -0.39 is 0 Å². The van der Waals surface area contributed by atoms with Gasteiger partial charge in [-0.1, -0.05) is 0 Å². The minimum absolute atomic E-state index is 0.205. The maximum Gasteiger partial charge on any atom is 0.330 e. The van der Waals surface area contributed by atoms with Gasteiger partial charge in [0.25, 0.3) is 0 Å². The number of nitrogens with zero attached hydrogens (tertiary/aromatic N) is 1. The van der Waals surface area contributed by atoms with Gasteiger partial charge in [0.15, 0.2) is 0 Å². The Bertz CT molecular complexity index is 785. The van der Waals surface area contributed by atoms with Crippen LogP contribution >= 0.6 is 0 Å². The molecule has 26 heavy (non-hydrogen) atoms. The molecular weight excluding hydrogens is 330 g/mol. The number of esters is 1.